The van der Waals surface area contributed by atoms with Crippen LogP contribution in [0.1, 0.15) is 67.7 Å². The molecule has 0 spiro atoms. The molecule has 0 aliphatic carbocycles. The molecule has 5 nitrogen and oxygen atoms in total. The smallest absolute Gasteiger partial charge is 0.410 e. The first-order chi connectivity index (χ1) is 14.6. The summed E-state index contributed by atoms with van der Waals surface area (Å²) in [5.74, 6) is 0. The van der Waals surface area contributed by atoms with Gasteiger partial charge in [0.1, 0.15) is 5.60 Å². The number of hydrogen-bond donors (Lipinski definition) is 0. The summed E-state index contributed by atoms with van der Waals surface area (Å²) < 4.78 is 5.70. The molecular weight excluding hydrogens is 410 g/mol. The van der Waals surface area contributed by atoms with Crippen molar-refractivity contribution in [1.82, 2.24) is 9.88 Å². The Kier molecular flexibility index (Phi) is 5.91. The highest BCUT2D eigenvalue weighted by Crippen LogP contribution is 2.39. The van der Waals surface area contributed by atoms with E-state index in [-0.39, 0.29) is 12.1 Å². The summed E-state index contributed by atoms with van der Waals surface area (Å²) in [6.07, 6.45) is 2.59. The fraction of sp³-hybridized carbons (Fsp3) is 0.520. The van der Waals surface area contributed by atoms with Gasteiger partial charge in [0.05, 0.1) is 6.04 Å². The molecule has 1 aromatic heterocycles. The van der Waals surface area contributed by atoms with E-state index in [0.29, 0.717) is 6.54 Å². The lowest BCUT2D eigenvalue weighted by Crippen LogP contribution is -2.37. The van der Waals surface area contributed by atoms with Crippen molar-refractivity contribution in [3.63, 3.8) is 0 Å². The number of fused-ring (bicyclic) bond motifs is 1. The van der Waals surface area contributed by atoms with Gasteiger partial charge in [0.15, 0.2) is 0 Å². The van der Waals surface area contributed by atoms with E-state index in [4.69, 9.17) is 16.3 Å². The summed E-state index contributed by atoms with van der Waals surface area (Å²) in [5, 5.41) is 0.744. The minimum Gasteiger partial charge on any atom is -0.444 e. The summed E-state index contributed by atoms with van der Waals surface area (Å²) >= 11 is 6.53. The molecule has 2 aliphatic rings. The predicted molar refractivity (Wildman–Crippen MR) is 125 cm³/mol. The van der Waals surface area contributed by atoms with Crippen LogP contribution in [0.5, 0.6) is 0 Å². The molecule has 3 heterocycles. The minimum absolute atomic E-state index is 0.00293. The molecule has 0 N–H and O–H groups in total. The van der Waals surface area contributed by atoms with E-state index in [1.807, 2.05) is 39.5 Å². The van der Waals surface area contributed by atoms with Gasteiger partial charge in [-0.1, -0.05) is 11.6 Å². The highest BCUT2D eigenvalue weighted by Gasteiger charge is 2.35. The third-order valence-corrected chi connectivity index (χ3v) is 6.23. The van der Waals surface area contributed by atoms with Gasteiger partial charge in [-0.3, -0.25) is 4.98 Å². The normalized spacial score (nSPS) is 18.8. The summed E-state index contributed by atoms with van der Waals surface area (Å²) in [4.78, 5) is 21.7. The number of carbonyl (C=O) groups is 1. The van der Waals surface area contributed by atoms with Gasteiger partial charge in [0.2, 0.25) is 0 Å². The fourth-order valence-electron chi connectivity index (χ4n) is 4.80. The lowest BCUT2D eigenvalue weighted by atomic mass is 9.90. The van der Waals surface area contributed by atoms with Crippen molar-refractivity contribution in [2.45, 2.75) is 72.1 Å². The van der Waals surface area contributed by atoms with Crippen LogP contribution in [0.25, 0.3) is 0 Å². The van der Waals surface area contributed by atoms with Crippen molar-refractivity contribution in [3.05, 3.63) is 57.4 Å². The zero-order valence-corrected chi connectivity index (χ0v) is 19.9. The second-order valence-corrected chi connectivity index (χ2v) is 10.2. The first-order valence-electron chi connectivity index (χ1n) is 11.1. The summed E-state index contributed by atoms with van der Waals surface area (Å²) in [7, 11) is 0. The molecular formula is C25H32ClN3O2. The Morgan fingerprint density at radius 1 is 1.13 bits per heavy atom. The molecule has 166 valence electrons. The van der Waals surface area contributed by atoms with Crippen molar-refractivity contribution < 1.29 is 9.53 Å². The molecule has 2 aliphatic heterocycles. The first-order valence-corrected chi connectivity index (χ1v) is 11.5. The number of benzene rings is 1. The Morgan fingerprint density at radius 3 is 2.52 bits per heavy atom. The van der Waals surface area contributed by atoms with E-state index >= 15 is 0 Å². The van der Waals surface area contributed by atoms with E-state index in [0.717, 1.165) is 54.3 Å². The molecule has 1 atom stereocenters. The first kappa shape index (κ1) is 21.9. The van der Waals surface area contributed by atoms with E-state index < -0.39 is 5.60 Å². The van der Waals surface area contributed by atoms with Gasteiger partial charge in [-0.05, 0) is 94.8 Å². The Labute approximate surface area is 190 Å². The highest BCUT2D eigenvalue weighted by molar-refractivity contribution is 6.30. The maximum Gasteiger partial charge on any atom is 0.410 e. The third kappa shape index (κ3) is 4.82. The SMILES string of the molecule is Cc1cc(N2CCc3cc(Cl)cc(C4CCCN4C(=O)OC(C)(C)C)c3C2)cc(C)n1. The maximum atomic E-state index is 12.9. The zero-order valence-electron chi connectivity index (χ0n) is 19.2. The maximum absolute atomic E-state index is 12.9. The molecule has 1 unspecified atom stereocenters. The molecule has 1 fully saturated rings. The number of pyridine rings is 1. The number of nitrogens with zero attached hydrogens (tertiary/aromatic N) is 3. The van der Waals surface area contributed by atoms with Crippen molar-refractivity contribution in [2.75, 3.05) is 18.0 Å². The van der Waals surface area contributed by atoms with Crippen molar-refractivity contribution in [3.8, 4) is 0 Å². The molecule has 6 heteroatoms. The van der Waals surface area contributed by atoms with Crippen molar-refractivity contribution >= 4 is 23.4 Å². The lowest BCUT2D eigenvalue weighted by molar-refractivity contribution is 0.0224. The van der Waals surface area contributed by atoms with Crippen LogP contribution in [-0.4, -0.2) is 34.7 Å². The van der Waals surface area contributed by atoms with Crippen molar-refractivity contribution in [1.29, 1.82) is 0 Å². The van der Waals surface area contributed by atoms with Crippen LogP contribution >= 0.6 is 11.6 Å². The van der Waals surface area contributed by atoms with E-state index in [1.54, 1.807) is 0 Å². The van der Waals surface area contributed by atoms with Crippen LogP contribution in [-0.2, 0) is 17.7 Å². The summed E-state index contributed by atoms with van der Waals surface area (Å²) in [5.41, 5.74) is 6.50. The number of amides is 1. The Bertz CT molecular complexity index is 979. The van der Waals surface area contributed by atoms with Crippen LogP contribution in [0, 0.1) is 13.8 Å². The van der Waals surface area contributed by atoms with Gasteiger partial charge in [-0.15, -0.1) is 0 Å². The van der Waals surface area contributed by atoms with Crippen LogP contribution in [0.4, 0.5) is 10.5 Å². The third-order valence-electron chi connectivity index (χ3n) is 6.01. The number of likely N-dealkylation sites (tertiary alicyclic amines) is 1. The van der Waals surface area contributed by atoms with Crippen LogP contribution in [0.2, 0.25) is 5.02 Å². The second-order valence-electron chi connectivity index (χ2n) is 9.74. The van der Waals surface area contributed by atoms with Gasteiger partial charge in [0.25, 0.3) is 0 Å². The summed E-state index contributed by atoms with van der Waals surface area (Å²) in [6.45, 7) is 12.3. The number of aromatic nitrogens is 1. The number of rotatable bonds is 2. The van der Waals surface area contributed by atoms with Gasteiger partial charge in [0, 0.05) is 41.7 Å². The quantitative estimate of drug-likeness (QED) is 0.574. The fourth-order valence-corrected chi connectivity index (χ4v) is 5.05. The van der Waals surface area contributed by atoms with Gasteiger partial charge < -0.3 is 14.5 Å². The highest BCUT2D eigenvalue weighted by atomic mass is 35.5. The van der Waals surface area contributed by atoms with E-state index in [1.165, 1.54) is 16.8 Å². The minimum atomic E-state index is -0.508. The van der Waals surface area contributed by atoms with E-state index in [2.05, 4.69) is 34.1 Å². The Morgan fingerprint density at radius 2 is 1.84 bits per heavy atom. The van der Waals surface area contributed by atoms with Crippen LogP contribution < -0.4 is 4.90 Å². The molecule has 1 amide bonds. The molecule has 1 saturated heterocycles. The Hall–Kier alpha value is -2.27. The number of carbonyl (C=O) groups excluding carboxylic acids is 1. The average Bonchev–Trinajstić information content (AvgIpc) is 3.14. The van der Waals surface area contributed by atoms with Gasteiger partial charge in [-0.2, -0.15) is 0 Å². The molecule has 31 heavy (non-hydrogen) atoms. The number of halogens is 1. The van der Waals surface area contributed by atoms with Crippen LogP contribution in [0.15, 0.2) is 24.3 Å². The van der Waals surface area contributed by atoms with E-state index in [9.17, 15) is 4.79 Å². The van der Waals surface area contributed by atoms with Crippen molar-refractivity contribution in [2.24, 2.45) is 0 Å². The van der Waals surface area contributed by atoms with Gasteiger partial charge in [-0.25, -0.2) is 4.79 Å². The second kappa shape index (κ2) is 8.34. The largest absolute Gasteiger partial charge is 0.444 e. The number of ether oxygens (including phenoxy) is 1. The zero-order chi connectivity index (χ0) is 22.3. The Balaban J connectivity index is 1.67. The molecule has 1 aromatic carbocycles. The van der Waals surface area contributed by atoms with Gasteiger partial charge >= 0.3 is 6.09 Å². The molecule has 2 aromatic rings. The topological polar surface area (TPSA) is 45.7 Å². The lowest BCUT2D eigenvalue weighted by Gasteiger charge is -2.35. The number of hydrogen-bond acceptors (Lipinski definition) is 4. The predicted octanol–water partition coefficient (Wildman–Crippen LogP) is 5.99. The molecule has 4 rings (SSSR count). The molecule has 0 saturated carbocycles. The molecule has 0 radical (unpaired) electrons. The average molecular weight is 442 g/mol. The standard InChI is InChI=1S/C25H32ClN3O2/c1-16-11-20(12-17(2)27-16)28-10-8-18-13-19(26)14-21(22(18)15-28)23-7-6-9-29(23)24(30)31-25(3,4)5/h11-14,23H,6-10,15H2,1-5H3. The number of aryl methyl sites for hydroxylation is 2. The molecule has 0 bridgehead atoms. The van der Waals surface area contributed by atoms with Crippen LogP contribution in [0.3, 0.4) is 0 Å². The summed E-state index contributed by atoms with van der Waals surface area (Å²) in [6, 6.07) is 8.45. The number of anilines is 1. The monoisotopic (exact) mass is 441 g/mol.